The van der Waals surface area contributed by atoms with Crippen LogP contribution in [-0.4, -0.2) is 14.2 Å². The van der Waals surface area contributed by atoms with Crippen LogP contribution in [0.25, 0.3) is 11.6 Å². The van der Waals surface area contributed by atoms with Crippen LogP contribution in [0.5, 0.6) is 11.5 Å². The topological polar surface area (TPSA) is 42.2 Å². The summed E-state index contributed by atoms with van der Waals surface area (Å²) >= 11 is 12.1. The Bertz CT molecular complexity index is 807. The molecule has 2 aromatic rings. The van der Waals surface area contributed by atoms with Gasteiger partial charge in [-0.25, -0.2) is 0 Å². The summed E-state index contributed by atoms with van der Waals surface area (Å²) in [5, 5.41) is 10.4. The summed E-state index contributed by atoms with van der Waals surface area (Å²) in [5.74, 6) is 1.24. The Hall–Kier alpha value is -2.15. The van der Waals surface area contributed by atoms with Crippen LogP contribution < -0.4 is 9.47 Å². The van der Waals surface area contributed by atoms with E-state index in [4.69, 9.17) is 32.7 Å². The molecule has 0 aliphatic heterocycles. The molecule has 3 nitrogen and oxygen atoms in total. The van der Waals surface area contributed by atoms with Gasteiger partial charge < -0.3 is 9.47 Å². The second kappa shape index (κ2) is 7.41. The fourth-order valence-electron chi connectivity index (χ4n) is 2.19. The Morgan fingerprint density at radius 1 is 1.09 bits per heavy atom. The van der Waals surface area contributed by atoms with Crippen LogP contribution in [0.4, 0.5) is 0 Å². The van der Waals surface area contributed by atoms with E-state index in [1.165, 1.54) is 0 Å². The van der Waals surface area contributed by atoms with Crippen LogP contribution in [0.2, 0.25) is 10.0 Å². The highest BCUT2D eigenvalue weighted by Crippen LogP contribution is 2.33. The predicted molar refractivity (Wildman–Crippen MR) is 94.2 cm³/mol. The maximum atomic E-state index is 9.49. The molecular formula is C18H15Cl2NO2. The Morgan fingerprint density at radius 2 is 1.74 bits per heavy atom. The highest BCUT2D eigenvalue weighted by atomic mass is 35.5. The number of halogens is 2. The van der Waals surface area contributed by atoms with Crippen molar-refractivity contribution in [2.45, 2.75) is 6.92 Å². The van der Waals surface area contributed by atoms with Crippen molar-refractivity contribution in [1.82, 2.24) is 0 Å². The van der Waals surface area contributed by atoms with Gasteiger partial charge in [-0.3, -0.25) is 0 Å². The zero-order valence-corrected chi connectivity index (χ0v) is 14.5. The van der Waals surface area contributed by atoms with Crippen molar-refractivity contribution in [3.63, 3.8) is 0 Å². The fourth-order valence-corrected chi connectivity index (χ4v) is 2.70. The molecule has 0 saturated carbocycles. The summed E-state index contributed by atoms with van der Waals surface area (Å²) in [6.07, 6.45) is 1.77. The Labute approximate surface area is 145 Å². The molecule has 0 saturated heterocycles. The molecule has 0 fully saturated rings. The lowest BCUT2D eigenvalue weighted by molar-refractivity contribution is 0.354. The number of hydrogen-bond donors (Lipinski definition) is 0. The molecule has 0 unspecified atom stereocenters. The van der Waals surface area contributed by atoms with Crippen molar-refractivity contribution in [3.8, 4) is 17.6 Å². The van der Waals surface area contributed by atoms with Crippen LogP contribution in [0.3, 0.4) is 0 Å². The highest BCUT2D eigenvalue weighted by Gasteiger charge is 2.11. The number of hydrogen-bond acceptors (Lipinski definition) is 3. The number of allylic oxidation sites excluding steroid dienone is 1. The number of nitrogens with zero attached hydrogens (tertiary/aromatic N) is 1. The molecule has 118 valence electrons. The fraction of sp³-hybridized carbons (Fsp3) is 0.167. The van der Waals surface area contributed by atoms with E-state index in [2.05, 4.69) is 6.07 Å². The van der Waals surface area contributed by atoms with Gasteiger partial charge in [0.05, 0.1) is 30.9 Å². The lowest BCUT2D eigenvalue weighted by atomic mass is 10.0. The molecule has 2 rings (SSSR count). The first-order valence-corrected chi connectivity index (χ1v) is 7.55. The molecule has 0 aliphatic rings. The van der Waals surface area contributed by atoms with E-state index in [9.17, 15) is 5.26 Å². The van der Waals surface area contributed by atoms with Crippen molar-refractivity contribution >= 4 is 34.9 Å². The van der Waals surface area contributed by atoms with E-state index in [0.717, 1.165) is 11.1 Å². The summed E-state index contributed by atoms with van der Waals surface area (Å²) < 4.78 is 10.6. The third-order valence-electron chi connectivity index (χ3n) is 3.41. The first-order valence-electron chi connectivity index (χ1n) is 6.80. The van der Waals surface area contributed by atoms with Gasteiger partial charge in [0.2, 0.25) is 0 Å². The van der Waals surface area contributed by atoms with Gasteiger partial charge in [0.15, 0.2) is 11.5 Å². The van der Waals surface area contributed by atoms with Crippen LogP contribution >= 0.6 is 23.2 Å². The molecule has 23 heavy (non-hydrogen) atoms. The summed E-state index contributed by atoms with van der Waals surface area (Å²) in [7, 11) is 3.16. The number of methoxy groups -OCH3 is 2. The molecule has 0 aliphatic carbocycles. The van der Waals surface area contributed by atoms with Crippen molar-refractivity contribution in [3.05, 3.63) is 57.1 Å². The van der Waals surface area contributed by atoms with Gasteiger partial charge in [-0.2, -0.15) is 5.26 Å². The summed E-state index contributed by atoms with van der Waals surface area (Å²) in [4.78, 5) is 0. The standard InChI is InChI=1S/C18H15Cl2NO2/c1-11-6-17(22-2)18(23-3)8-12(11)7-13(10-21)15-5-4-14(19)9-16(15)20/h4-9H,1-3H3/b13-7-. The molecule has 2 aromatic carbocycles. The Morgan fingerprint density at radius 3 is 2.30 bits per heavy atom. The number of nitriles is 1. The van der Waals surface area contributed by atoms with Crippen LogP contribution in [0, 0.1) is 18.3 Å². The maximum Gasteiger partial charge on any atom is 0.161 e. The number of ether oxygens (including phenoxy) is 2. The third-order valence-corrected chi connectivity index (χ3v) is 3.96. The first kappa shape index (κ1) is 17.2. The molecular weight excluding hydrogens is 333 g/mol. The molecule has 5 heteroatoms. The van der Waals surface area contributed by atoms with Crippen molar-refractivity contribution in [1.29, 1.82) is 5.26 Å². The molecule has 0 aromatic heterocycles. The van der Waals surface area contributed by atoms with E-state index in [1.807, 2.05) is 19.1 Å². The average Bonchev–Trinajstić information content (AvgIpc) is 2.54. The lowest BCUT2D eigenvalue weighted by Crippen LogP contribution is -1.93. The summed E-state index contributed by atoms with van der Waals surface area (Å²) in [6.45, 7) is 1.94. The lowest BCUT2D eigenvalue weighted by Gasteiger charge is -2.11. The average molecular weight is 348 g/mol. The van der Waals surface area contributed by atoms with Gasteiger partial charge in [-0.15, -0.1) is 0 Å². The van der Waals surface area contributed by atoms with E-state index < -0.39 is 0 Å². The second-order valence-corrected chi connectivity index (χ2v) is 5.70. The minimum absolute atomic E-state index is 0.434. The van der Waals surface area contributed by atoms with Gasteiger partial charge in [0, 0.05) is 10.6 Å². The third kappa shape index (κ3) is 3.79. The second-order valence-electron chi connectivity index (χ2n) is 4.86. The number of aryl methyl sites for hydroxylation is 1. The summed E-state index contributed by atoms with van der Waals surface area (Å²) in [5.41, 5.74) is 2.89. The van der Waals surface area contributed by atoms with Crippen molar-refractivity contribution in [2.24, 2.45) is 0 Å². The van der Waals surface area contributed by atoms with E-state index in [0.29, 0.717) is 32.7 Å². The normalized spacial score (nSPS) is 11.0. The zero-order chi connectivity index (χ0) is 17.0. The molecule has 0 bridgehead atoms. The quantitative estimate of drug-likeness (QED) is 0.550. The number of rotatable bonds is 4. The van der Waals surface area contributed by atoms with Crippen molar-refractivity contribution in [2.75, 3.05) is 14.2 Å². The minimum atomic E-state index is 0.434. The highest BCUT2D eigenvalue weighted by molar-refractivity contribution is 6.36. The Kier molecular flexibility index (Phi) is 5.54. The van der Waals surface area contributed by atoms with Crippen LogP contribution in [-0.2, 0) is 0 Å². The van der Waals surface area contributed by atoms with E-state index in [-0.39, 0.29) is 0 Å². The molecule has 0 spiro atoms. The minimum Gasteiger partial charge on any atom is -0.493 e. The molecule has 0 amide bonds. The van der Waals surface area contributed by atoms with E-state index >= 15 is 0 Å². The zero-order valence-electron chi connectivity index (χ0n) is 13.0. The predicted octanol–water partition coefficient (Wildman–Crippen LogP) is 5.38. The van der Waals surface area contributed by atoms with E-state index in [1.54, 1.807) is 38.5 Å². The van der Waals surface area contributed by atoms with Gasteiger partial charge in [0.25, 0.3) is 0 Å². The van der Waals surface area contributed by atoms with Gasteiger partial charge in [-0.05, 0) is 48.4 Å². The molecule has 0 atom stereocenters. The smallest absolute Gasteiger partial charge is 0.161 e. The van der Waals surface area contributed by atoms with Crippen LogP contribution in [0.15, 0.2) is 30.3 Å². The van der Waals surface area contributed by atoms with Gasteiger partial charge in [0.1, 0.15) is 0 Å². The first-order chi connectivity index (χ1) is 11.0. The largest absolute Gasteiger partial charge is 0.493 e. The Balaban J connectivity index is 2.56. The van der Waals surface area contributed by atoms with Gasteiger partial charge in [-0.1, -0.05) is 29.3 Å². The monoisotopic (exact) mass is 347 g/mol. The van der Waals surface area contributed by atoms with Crippen molar-refractivity contribution < 1.29 is 9.47 Å². The maximum absolute atomic E-state index is 9.49. The van der Waals surface area contributed by atoms with Crippen LogP contribution in [0.1, 0.15) is 16.7 Å². The summed E-state index contributed by atoms with van der Waals surface area (Å²) in [6, 6.07) is 10.9. The SMILES string of the molecule is COc1cc(C)c(/C=C(/C#N)c2ccc(Cl)cc2Cl)cc1OC. The molecule has 0 radical (unpaired) electrons. The number of benzene rings is 2. The molecule has 0 N–H and O–H groups in total. The van der Waals surface area contributed by atoms with Gasteiger partial charge >= 0.3 is 0 Å². The molecule has 0 heterocycles.